The van der Waals surface area contributed by atoms with E-state index in [1.807, 2.05) is 0 Å². The highest BCUT2D eigenvalue weighted by Crippen LogP contribution is 2.40. The van der Waals surface area contributed by atoms with Crippen LogP contribution in [0.4, 0.5) is 0 Å². The zero-order chi connectivity index (χ0) is 19.7. The molecule has 0 spiro atoms. The molecule has 6 nitrogen and oxygen atoms in total. The third-order valence-corrected chi connectivity index (χ3v) is 6.01. The maximum Gasteiger partial charge on any atom is 0.261 e. The van der Waals surface area contributed by atoms with Crippen molar-refractivity contribution in [3.05, 3.63) is 29.5 Å². The number of hydrogen-bond donors (Lipinski definition) is 2. The number of rotatable bonds is 2. The fourth-order valence-corrected chi connectivity index (χ4v) is 4.94. The van der Waals surface area contributed by atoms with Crippen LogP contribution >= 0.6 is 0 Å². The largest absolute Gasteiger partial charge is 0.490 e. The van der Waals surface area contributed by atoms with Gasteiger partial charge in [-0.15, -0.1) is 0 Å². The van der Waals surface area contributed by atoms with Crippen molar-refractivity contribution >= 4 is 21.0 Å². The summed E-state index contributed by atoms with van der Waals surface area (Å²) in [6.07, 6.45) is 11.4. The fraction of sp³-hybridized carbons (Fsp3) is 0.619. The zero-order valence-electron chi connectivity index (χ0n) is 16.5. The third-order valence-electron chi connectivity index (χ3n) is 6.01. The average Bonchev–Trinajstić information content (AvgIpc) is 2.97. The zero-order valence-corrected chi connectivity index (χ0v) is 17.3. The lowest BCUT2D eigenvalue weighted by Crippen LogP contribution is -2.35. The minimum absolute atomic E-state index is 0.434. The van der Waals surface area contributed by atoms with Gasteiger partial charge in [0.05, 0.1) is 12.4 Å². The van der Waals surface area contributed by atoms with Gasteiger partial charge in [-0.2, -0.15) is 8.42 Å². The number of nitrogens with zero attached hydrogens (tertiary/aromatic N) is 1. The van der Waals surface area contributed by atoms with Gasteiger partial charge in [-0.3, -0.25) is 4.55 Å². The van der Waals surface area contributed by atoms with Crippen LogP contribution in [-0.2, 0) is 23.1 Å². The number of nitrogens with one attached hydrogen (secondary N) is 1. The quantitative estimate of drug-likeness (QED) is 0.741. The summed E-state index contributed by atoms with van der Waals surface area (Å²) >= 11 is 0. The molecule has 1 unspecified atom stereocenters. The number of benzene rings is 1. The molecule has 1 aromatic carbocycles. The van der Waals surface area contributed by atoms with E-state index in [1.165, 1.54) is 62.3 Å². The molecule has 2 N–H and O–H groups in total. The van der Waals surface area contributed by atoms with E-state index in [0.29, 0.717) is 18.4 Å². The van der Waals surface area contributed by atoms with E-state index in [4.69, 9.17) is 9.29 Å². The Labute approximate surface area is 167 Å². The van der Waals surface area contributed by atoms with Gasteiger partial charge in [0.2, 0.25) is 0 Å². The normalized spacial score (nSPS) is 22.3. The summed E-state index contributed by atoms with van der Waals surface area (Å²) < 4.78 is 34.7. The van der Waals surface area contributed by atoms with Crippen molar-refractivity contribution in [1.29, 1.82) is 0 Å². The van der Waals surface area contributed by atoms with E-state index in [1.54, 1.807) is 11.3 Å². The Morgan fingerprint density at radius 2 is 1.89 bits per heavy atom. The molecular formula is C21H30N2O4S. The van der Waals surface area contributed by atoms with Crippen molar-refractivity contribution in [3.63, 3.8) is 0 Å². The molecule has 1 aromatic heterocycles. The maximum atomic E-state index is 9.19. The Morgan fingerprint density at radius 3 is 2.64 bits per heavy atom. The van der Waals surface area contributed by atoms with Gasteiger partial charge in [0, 0.05) is 35.7 Å². The molecule has 2 heterocycles. The molecular weight excluding hydrogens is 376 g/mol. The van der Waals surface area contributed by atoms with Crippen LogP contribution in [0.3, 0.4) is 0 Å². The first-order valence-electron chi connectivity index (χ1n) is 10.4. The maximum absolute atomic E-state index is 9.19. The van der Waals surface area contributed by atoms with Crippen LogP contribution in [0.15, 0.2) is 18.2 Å². The lowest BCUT2D eigenvalue weighted by Gasteiger charge is -2.31. The molecule has 3 aliphatic rings. The van der Waals surface area contributed by atoms with Crippen molar-refractivity contribution in [2.24, 2.45) is 0 Å². The molecule has 28 heavy (non-hydrogen) atoms. The molecule has 2 aromatic rings. The fourth-order valence-electron chi connectivity index (χ4n) is 4.94. The second-order valence-electron chi connectivity index (χ2n) is 8.20. The van der Waals surface area contributed by atoms with Crippen LogP contribution in [0, 0.1) is 0 Å². The lowest BCUT2D eigenvalue weighted by molar-refractivity contribution is 0.155. The average molecular weight is 407 g/mol. The summed E-state index contributed by atoms with van der Waals surface area (Å²) in [4.78, 5) is 0. The third kappa shape index (κ3) is 4.36. The molecule has 7 heteroatoms. The van der Waals surface area contributed by atoms with Crippen molar-refractivity contribution in [2.75, 3.05) is 12.8 Å². The smallest absolute Gasteiger partial charge is 0.261 e. The van der Waals surface area contributed by atoms with Crippen LogP contribution < -0.4 is 10.1 Å². The predicted octanol–water partition coefficient (Wildman–Crippen LogP) is 3.84. The summed E-state index contributed by atoms with van der Waals surface area (Å²) in [6, 6.07) is 7.40. The Morgan fingerprint density at radius 1 is 1.14 bits per heavy atom. The lowest BCUT2D eigenvalue weighted by atomic mass is 9.91. The van der Waals surface area contributed by atoms with E-state index >= 15 is 0 Å². The molecule has 0 radical (unpaired) electrons. The molecule has 0 amide bonds. The van der Waals surface area contributed by atoms with E-state index < -0.39 is 10.1 Å². The van der Waals surface area contributed by atoms with E-state index in [0.717, 1.165) is 18.8 Å². The SMILES string of the molecule is CS(=O)(=O)O.c1cc2c(cc1OC1CCCCC1)c1c3n2CCNC3CCC1. The van der Waals surface area contributed by atoms with Crippen LogP contribution in [-0.4, -0.2) is 36.4 Å². The molecule has 1 fully saturated rings. The highest BCUT2D eigenvalue weighted by atomic mass is 32.2. The first-order chi connectivity index (χ1) is 13.4. The molecule has 0 saturated heterocycles. The topological polar surface area (TPSA) is 80.6 Å². The van der Waals surface area contributed by atoms with Gasteiger partial charge >= 0.3 is 0 Å². The molecule has 1 atom stereocenters. The van der Waals surface area contributed by atoms with Gasteiger partial charge in [0.1, 0.15) is 5.75 Å². The molecule has 1 aliphatic heterocycles. The minimum Gasteiger partial charge on any atom is -0.490 e. The Hall–Kier alpha value is -1.57. The molecule has 0 bridgehead atoms. The van der Waals surface area contributed by atoms with Gasteiger partial charge in [-0.1, -0.05) is 6.42 Å². The standard InChI is InChI=1S/C20H26N2O.CH4O3S/c1-2-5-14(6-3-1)23-15-9-10-19-17(13-15)16-7-4-8-18-20(16)22(19)12-11-21-18;1-5(2,3)4/h9-10,13-14,18,21H,1-8,11-12H2;1H3,(H,2,3,4). The van der Waals surface area contributed by atoms with Gasteiger partial charge in [-0.25, -0.2) is 0 Å². The number of aromatic nitrogens is 1. The van der Waals surface area contributed by atoms with Gasteiger partial charge in [0.15, 0.2) is 0 Å². The number of hydrogen-bond acceptors (Lipinski definition) is 4. The molecule has 5 rings (SSSR count). The van der Waals surface area contributed by atoms with Crippen LogP contribution in [0.5, 0.6) is 5.75 Å². The van der Waals surface area contributed by atoms with Gasteiger partial charge in [-0.05, 0) is 68.7 Å². The van der Waals surface area contributed by atoms with Gasteiger partial charge < -0.3 is 14.6 Å². The second-order valence-corrected chi connectivity index (χ2v) is 9.67. The van der Waals surface area contributed by atoms with Gasteiger partial charge in [0.25, 0.3) is 10.1 Å². The first kappa shape index (κ1) is 19.7. The van der Waals surface area contributed by atoms with E-state index in [2.05, 4.69) is 28.1 Å². The van der Waals surface area contributed by atoms with Crippen molar-refractivity contribution < 1.29 is 17.7 Å². The number of aryl methyl sites for hydroxylation is 1. The first-order valence-corrected chi connectivity index (χ1v) is 12.2. The van der Waals surface area contributed by atoms with Crippen LogP contribution in [0.25, 0.3) is 10.9 Å². The van der Waals surface area contributed by atoms with E-state index in [-0.39, 0.29) is 0 Å². The summed E-state index contributed by atoms with van der Waals surface area (Å²) in [7, 11) is -3.67. The summed E-state index contributed by atoms with van der Waals surface area (Å²) in [6.45, 7) is 2.20. The van der Waals surface area contributed by atoms with Crippen LogP contribution in [0.1, 0.15) is 62.2 Å². The Kier molecular flexibility index (Phi) is 5.67. The Balaban J connectivity index is 0.000000346. The number of ether oxygens (including phenoxy) is 1. The number of fused-ring (bicyclic) bond motifs is 3. The van der Waals surface area contributed by atoms with E-state index in [9.17, 15) is 8.42 Å². The van der Waals surface area contributed by atoms with Crippen molar-refractivity contribution in [3.8, 4) is 5.75 Å². The molecule has 1 saturated carbocycles. The highest BCUT2D eigenvalue weighted by molar-refractivity contribution is 7.85. The summed E-state index contributed by atoms with van der Waals surface area (Å²) in [5, 5.41) is 5.15. The summed E-state index contributed by atoms with van der Waals surface area (Å²) in [5.74, 6) is 1.08. The summed E-state index contributed by atoms with van der Waals surface area (Å²) in [5.41, 5.74) is 4.56. The molecule has 2 aliphatic carbocycles. The van der Waals surface area contributed by atoms with Crippen molar-refractivity contribution in [1.82, 2.24) is 9.88 Å². The Bertz CT molecular complexity index is 935. The van der Waals surface area contributed by atoms with Crippen molar-refractivity contribution in [2.45, 2.75) is 70.1 Å². The minimum atomic E-state index is -3.67. The van der Waals surface area contributed by atoms with Crippen LogP contribution in [0.2, 0.25) is 0 Å². The predicted molar refractivity (Wildman–Crippen MR) is 111 cm³/mol. The second kappa shape index (κ2) is 8.05. The highest BCUT2D eigenvalue weighted by Gasteiger charge is 2.30. The monoisotopic (exact) mass is 406 g/mol. The molecule has 154 valence electrons.